The summed E-state index contributed by atoms with van der Waals surface area (Å²) in [5.74, 6) is 1.97. The van der Waals surface area contributed by atoms with Crippen LogP contribution in [-0.2, 0) is 0 Å². The van der Waals surface area contributed by atoms with Crippen molar-refractivity contribution in [1.82, 2.24) is 14.7 Å². The van der Waals surface area contributed by atoms with E-state index in [1.165, 1.54) is 0 Å². The molecular weight excluding hydrogens is 350 g/mol. The molecule has 0 N–H and O–H groups in total. The maximum atomic E-state index is 12.6. The first kappa shape index (κ1) is 17.1. The molecule has 26 heavy (non-hydrogen) atoms. The van der Waals surface area contributed by atoms with E-state index in [4.69, 9.17) is 16.6 Å². The largest absolute Gasteiger partial charge is 0.353 e. The lowest BCUT2D eigenvalue weighted by molar-refractivity contribution is 0.0668. The van der Waals surface area contributed by atoms with Crippen molar-refractivity contribution in [2.45, 2.75) is 19.4 Å². The Bertz CT molecular complexity index is 795. The van der Waals surface area contributed by atoms with E-state index in [0.717, 1.165) is 37.7 Å². The van der Waals surface area contributed by atoms with Crippen LogP contribution in [0.4, 0.5) is 0 Å². The zero-order valence-electron chi connectivity index (χ0n) is 14.8. The molecule has 1 atom stereocenters. The second-order valence-electron chi connectivity index (χ2n) is 6.74. The normalized spacial score (nSPS) is 22.2. The van der Waals surface area contributed by atoms with Crippen LogP contribution in [-0.4, -0.2) is 71.5 Å². The number of amides is 1. The van der Waals surface area contributed by atoms with Gasteiger partial charge < -0.3 is 14.7 Å². The second-order valence-corrected chi connectivity index (χ2v) is 7.17. The van der Waals surface area contributed by atoms with Crippen molar-refractivity contribution in [1.29, 1.82) is 0 Å². The van der Waals surface area contributed by atoms with Crippen LogP contribution in [0.25, 0.3) is 0 Å². The molecule has 3 aliphatic heterocycles. The van der Waals surface area contributed by atoms with E-state index in [-0.39, 0.29) is 5.91 Å². The van der Waals surface area contributed by atoms with E-state index in [1.54, 1.807) is 12.1 Å². The van der Waals surface area contributed by atoms with Crippen molar-refractivity contribution in [3.63, 3.8) is 0 Å². The average molecular weight is 372 g/mol. The monoisotopic (exact) mass is 371 g/mol. The summed E-state index contributed by atoms with van der Waals surface area (Å²) in [6, 6.07) is 7.49. The van der Waals surface area contributed by atoms with E-state index in [9.17, 15) is 4.79 Å². The fraction of sp³-hybridized carbons (Fsp3) is 0.421. The van der Waals surface area contributed by atoms with Crippen LogP contribution >= 0.6 is 11.6 Å². The topological polar surface area (TPSA) is 51.5 Å². The SMILES string of the molecule is CC[C@H]1CN2C=NC(N3CCN(C(=O)c4cccc(Cl)c4)CC3)=CC2=N1. The van der Waals surface area contributed by atoms with Crippen LogP contribution in [0.5, 0.6) is 0 Å². The lowest BCUT2D eigenvalue weighted by Gasteiger charge is -2.37. The van der Waals surface area contributed by atoms with Crippen molar-refractivity contribution in [2.75, 3.05) is 32.7 Å². The Kier molecular flexibility index (Phi) is 4.68. The number of hydrogen-bond donors (Lipinski definition) is 0. The molecule has 1 aromatic carbocycles. The minimum absolute atomic E-state index is 0.0328. The second kappa shape index (κ2) is 7.11. The highest BCUT2D eigenvalue weighted by Crippen LogP contribution is 2.20. The molecule has 7 heteroatoms. The van der Waals surface area contributed by atoms with Gasteiger partial charge >= 0.3 is 0 Å². The summed E-state index contributed by atoms with van der Waals surface area (Å²) in [4.78, 5) is 28.2. The third-order valence-electron chi connectivity index (χ3n) is 5.04. The van der Waals surface area contributed by atoms with Crippen LogP contribution in [0.1, 0.15) is 23.7 Å². The molecule has 1 amide bonds. The summed E-state index contributed by atoms with van der Waals surface area (Å²) in [6.45, 7) is 5.95. The molecule has 3 aliphatic rings. The number of hydrogen-bond acceptors (Lipinski definition) is 5. The maximum Gasteiger partial charge on any atom is 0.254 e. The van der Waals surface area contributed by atoms with Gasteiger partial charge in [0.1, 0.15) is 11.7 Å². The molecule has 3 heterocycles. The van der Waals surface area contributed by atoms with Gasteiger partial charge in [0, 0.05) is 49.4 Å². The molecule has 1 fully saturated rings. The van der Waals surface area contributed by atoms with E-state index in [0.29, 0.717) is 29.7 Å². The Labute approximate surface area is 158 Å². The van der Waals surface area contributed by atoms with Crippen molar-refractivity contribution >= 4 is 29.7 Å². The van der Waals surface area contributed by atoms with Gasteiger partial charge in [-0.15, -0.1) is 0 Å². The van der Waals surface area contributed by atoms with Crippen LogP contribution in [0, 0.1) is 0 Å². The number of carbonyl (C=O) groups is 1. The highest BCUT2D eigenvalue weighted by molar-refractivity contribution is 6.30. The van der Waals surface area contributed by atoms with Crippen LogP contribution in [0.3, 0.4) is 0 Å². The number of fused-ring (bicyclic) bond motifs is 1. The highest BCUT2D eigenvalue weighted by atomic mass is 35.5. The molecule has 4 rings (SSSR count). The Morgan fingerprint density at radius 1 is 1.27 bits per heavy atom. The summed E-state index contributed by atoms with van der Waals surface area (Å²) in [5.41, 5.74) is 0.641. The fourth-order valence-corrected chi connectivity index (χ4v) is 3.66. The first-order chi connectivity index (χ1) is 12.6. The zero-order valence-corrected chi connectivity index (χ0v) is 15.6. The molecule has 0 radical (unpaired) electrons. The van der Waals surface area contributed by atoms with Crippen molar-refractivity contribution in [3.05, 3.63) is 46.7 Å². The summed E-state index contributed by atoms with van der Waals surface area (Å²) in [6.07, 6.45) is 4.98. The number of aliphatic imine (C=N–C) groups is 2. The standard InChI is InChI=1S/C19H22ClN5O/c1-2-16-12-25-13-21-17(11-18(25)22-16)23-6-8-24(9-7-23)19(26)14-4-3-5-15(20)10-14/h3-5,10-11,13,16H,2,6-9,12H2,1H3/t16-/m0/s1. The number of piperazine rings is 1. The molecule has 0 aromatic heterocycles. The first-order valence-corrected chi connectivity index (χ1v) is 9.42. The number of halogens is 1. The molecule has 1 aromatic rings. The Hall–Kier alpha value is -2.34. The maximum absolute atomic E-state index is 12.6. The third kappa shape index (κ3) is 3.33. The lowest BCUT2D eigenvalue weighted by Crippen LogP contribution is -2.48. The number of benzene rings is 1. The number of nitrogens with zero attached hydrogens (tertiary/aromatic N) is 5. The van der Waals surface area contributed by atoms with Gasteiger partial charge in [-0.05, 0) is 24.6 Å². The Morgan fingerprint density at radius 2 is 2.08 bits per heavy atom. The number of carbonyl (C=O) groups excluding carboxylic acids is 1. The molecule has 0 saturated carbocycles. The summed E-state index contributed by atoms with van der Waals surface area (Å²) in [7, 11) is 0. The zero-order chi connectivity index (χ0) is 18.1. The number of amidine groups is 1. The van der Waals surface area contributed by atoms with Crippen molar-refractivity contribution < 1.29 is 4.79 Å². The van der Waals surface area contributed by atoms with Gasteiger partial charge in [0.15, 0.2) is 0 Å². The summed E-state index contributed by atoms with van der Waals surface area (Å²) in [5, 5.41) is 0.587. The summed E-state index contributed by atoms with van der Waals surface area (Å²) < 4.78 is 0. The van der Waals surface area contributed by atoms with Gasteiger partial charge in [0.25, 0.3) is 5.91 Å². The minimum Gasteiger partial charge on any atom is -0.353 e. The highest BCUT2D eigenvalue weighted by Gasteiger charge is 2.28. The van der Waals surface area contributed by atoms with Gasteiger partial charge in [-0.2, -0.15) is 0 Å². The van der Waals surface area contributed by atoms with Crippen molar-refractivity contribution in [2.24, 2.45) is 9.98 Å². The van der Waals surface area contributed by atoms with Gasteiger partial charge in [0.05, 0.1) is 12.4 Å². The quantitative estimate of drug-likeness (QED) is 0.820. The van der Waals surface area contributed by atoms with E-state index < -0.39 is 0 Å². The van der Waals surface area contributed by atoms with Crippen LogP contribution in [0.15, 0.2) is 46.1 Å². The number of rotatable bonds is 3. The van der Waals surface area contributed by atoms with Crippen LogP contribution < -0.4 is 0 Å². The molecular formula is C19H22ClN5O. The smallest absolute Gasteiger partial charge is 0.254 e. The molecule has 0 spiro atoms. The third-order valence-corrected chi connectivity index (χ3v) is 5.27. The first-order valence-electron chi connectivity index (χ1n) is 9.04. The van der Waals surface area contributed by atoms with Gasteiger partial charge in [-0.25, -0.2) is 4.99 Å². The molecule has 1 saturated heterocycles. The molecule has 0 unspecified atom stereocenters. The minimum atomic E-state index is 0.0328. The fourth-order valence-electron chi connectivity index (χ4n) is 3.47. The summed E-state index contributed by atoms with van der Waals surface area (Å²) >= 11 is 6.00. The van der Waals surface area contributed by atoms with E-state index in [2.05, 4.69) is 27.8 Å². The van der Waals surface area contributed by atoms with Gasteiger partial charge in [-0.3, -0.25) is 9.79 Å². The predicted octanol–water partition coefficient (Wildman–Crippen LogP) is 2.47. The van der Waals surface area contributed by atoms with Crippen LogP contribution in [0.2, 0.25) is 5.02 Å². The molecule has 0 aliphatic carbocycles. The van der Waals surface area contributed by atoms with Gasteiger partial charge in [0.2, 0.25) is 0 Å². The Balaban J connectivity index is 1.40. The molecule has 0 bridgehead atoms. The lowest BCUT2D eigenvalue weighted by atomic mass is 10.2. The molecule has 136 valence electrons. The molecule has 6 nitrogen and oxygen atoms in total. The van der Waals surface area contributed by atoms with E-state index >= 15 is 0 Å². The van der Waals surface area contributed by atoms with Crippen molar-refractivity contribution in [3.8, 4) is 0 Å². The Morgan fingerprint density at radius 3 is 2.81 bits per heavy atom. The predicted molar refractivity (Wildman–Crippen MR) is 104 cm³/mol. The van der Waals surface area contributed by atoms with E-state index in [1.807, 2.05) is 23.4 Å². The van der Waals surface area contributed by atoms with Gasteiger partial charge in [-0.1, -0.05) is 24.6 Å². The average Bonchev–Trinajstić information content (AvgIpc) is 3.10.